The monoisotopic (exact) mass is 336 g/mol. The highest BCUT2D eigenvalue weighted by molar-refractivity contribution is 6.30. The molecule has 0 fully saturated rings. The number of hydrogen-bond donors (Lipinski definition) is 1. The molecule has 120 valence electrons. The Morgan fingerprint density at radius 1 is 1.55 bits per heavy atom. The number of ether oxygens (including phenoxy) is 1. The number of rotatable bonds is 5. The molecule has 0 spiro atoms. The molecular weight excluding hydrogens is 325 g/mol. The molecular formula is C13H12ClF3N2O3. The molecule has 22 heavy (non-hydrogen) atoms. The Bertz CT molecular complexity index is 587. The number of carbonyl (C=O) groups is 1. The lowest BCUT2D eigenvalue weighted by atomic mass is 10.2. The summed E-state index contributed by atoms with van der Waals surface area (Å²) in [7, 11) is 1.15. The molecule has 9 heteroatoms. The van der Waals surface area contributed by atoms with Crippen LogP contribution in [0.25, 0.3) is 0 Å². The molecule has 0 aliphatic carbocycles. The maximum atomic E-state index is 13.0. The van der Waals surface area contributed by atoms with Gasteiger partial charge in [0.15, 0.2) is 6.10 Å². The van der Waals surface area contributed by atoms with E-state index >= 15 is 0 Å². The van der Waals surface area contributed by atoms with Crippen LogP contribution in [0.15, 0.2) is 18.2 Å². The van der Waals surface area contributed by atoms with Crippen molar-refractivity contribution in [2.45, 2.75) is 18.7 Å². The van der Waals surface area contributed by atoms with Gasteiger partial charge in [-0.15, -0.1) is 0 Å². The largest absolute Gasteiger partial charge is 0.479 e. The third-order valence-corrected chi connectivity index (χ3v) is 2.99. The quantitative estimate of drug-likeness (QED) is 0.892. The molecule has 1 amide bonds. The number of hydrogen-bond acceptors (Lipinski definition) is 3. The van der Waals surface area contributed by atoms with E-state index in [1.807, 2.05) is 0 Å². The average molecular weight is 337 g/mol. The second kappa shape index (κ2) is 7.22. The number of benzene rings is 1. The SMILES string of the molecule is CN(CCC(Oc1cc(Cl)ccc1C#N)C(F)(F)F)C(=O)O. The van der Waals surface area contributed by atoms with Crippen LogP contribution in [0.1, 0.15) is 12.0 Å². The van der Waals surface area contributed by atoms with Gasteiger partial charge in [-0.2, -0.15) is 18.4 Å². The van der Waals surface area contributed by atoms with Gasteiger partial charge in [0.25, 0.3) is 0 Å². The summed E-state index contributed by atoms with van der Waals surface area (Å²) in [5.41, 5.74) is -0.0924. The molecule has 0 aliphatic rings. The summed E-state index contributed by atoms with van der Waals surface area (Å²) in [5, 5.41) is 17.6. The standard InChI is InChI=1S/C13H12ClF3N2O3/c1-19(12(20)21)5-4-11(13(15,16)17)22-10-6-9(14)3-2-8(10)7-18/h2-3,6,11H,4-5H2,1H3,(H,20,21). The van der Waals surface area contributed by atoms with E-state index in [1.54, 1.807) is 6.07 Å². The number of nitriles is 1. The van der Waals surface area contributed by atoms with Crippen LogP contribution in [0.2, 0.25) is 5.02 Å². The zero-order chi connectivity index (χ0) is 16.9. The Morgan fingerprint density at radius 2 is 2.18 bits per heavy atom. The van der Waals surface area contributed by atoms with Gasteiger partial charge in [0.05, 0.1) is 5.56 Å². The van der Waals surface area contributed by atoms with E-state index < -0.39 is 24.8 Å². The minimum Gasteiger partial charge on any atom is -0.479 e. The van der Waals surface area contributed by atoms with E-state index in [2.05, 4.69) is 0 Å². The number of halogens is 4. The summed E-state index contributed by atoms with van der Waals surface area (Å²) in [6.45, 7) is -0.373. The number of amides is 1. The number of carboxylic acid groups (broad SMARTS) is 1. The molecule has 1 aromatic carbocycles. The zero-order valence-corrected chi connectivity index (χ0v) is 12.1. The van der Waals surface area contributed by atoms with E-state index in [4.69, 9.17) is 26.7 Å². The summed E-state index contributed by atoms with van der Waals surface area (Å²) in [6.07, 6.45) is -8.92. The molecule has 0 saturated heterocycles. The molecule has 0 aliphatic heterocycles. The van der Waals surface area contributed by atoms with E-state index in [0.29, 0.717) is 4.90 Å². The van der Waals surface area contributed by atoms with Gasteiger partial charge in [-0.05, 0) is 12.1 Å². The van der Waals surface area contributed by atoms with Gasteiger partial charge < -0.3 is 14.7 Å². The predicted octanol–water partition coefficient (Wildman–Crippen LogP) is 3.52. The highest BCUT2D eigenvalue weighted by atomic mass is 35.5. The highest BCUT2D eigenvalue weighted by Gasteiger charge is 2.42. The molecule has 0 radical (unpaired) electrons. The van der Waals surface area contributed by atoms with Crippen LogP contribution < -0.4 is 4.74 Å². The second-order valence-corrected chi connectivity index (χ2v) is 4.83. The minimum atomic E-state index is -4.71. The topological polar surface area (TPSA) is 73.6 Å². The molecule has 0 bridgehead atoms. The third kappa shape index (κ3) is 5.00. The van der Waals surface area contributed by atoms with E-state index in [9.17, 15) is 18.0 Å². The van der Waals surface area contributed by atoms with Crippen molar-refractivity contribution in [3.63, 3.8) is 0 Å². The first-order valence-corrected chi connectivity index (χ1v) is 6.40. The summed E-state index contributed by atoms with van der Waals surface area (Å²) in [5.74, 6) is -0.296. The maximum Gasteiger partial charge on any atom is 0.425 e. The van der Waals surface area contributed by atoms with Crippen molar-refractivity contribution in [2.75, 3.05) is 13.6 Å². The Kier molecular flexibility index (Phi) is 5.88. The molecule has 5 nitrogen and oxygen atoms in total. The zero-order valence-electron chi connectivity index (χ0n) is 11.4. The van der Waals surface area contributed by atoms with Crippen LogP contribution in [0, 0.1) is 11.3 Å². The summed E-state index contributed by atoms with van der Waals surface area (Å²) >= 11 is 5.68. The summed E-state index contributed by atoms with van der Waals surface area (Å²) < 4.78 is 43.8. The van der Waals surface area contributed by atoms with Crippen molar-refractivity contribution in [1.82, 2.24) is 4.90 Å². The molecule has 1 aromatic rings. The van der Waals surface area contributed by atoms with Gasteiger partial charge in [0.2, 0.25) is 0 Å². The number of nitrogens with zero attached hydrogens (tertiary/aromatic N) is 2. The van der Waals surface area contributed by atoms with Gasteiger partial charge in [-0.25, -0.2) is 4.79 Å². The van der Waals surface area contributed by atoms with Crippen LogP contribution in [0.4, 0.5) is 18.0 Å². The van der Waals surface area contributed by atoms with Crippen molar-refractivity contribution >= 4 is 17.7 Å². The van der Waals surface area contributed by atoms with Gasteiger partial charge in [-0.1, -0.05) is 11.6 Å². The second-order valence-electron chi connectivity index (χ2n) is 4.39. The fourth-order valence-electron chi connectivity index (χ4n) is 1.54. The van der Waals surface area contributed by atoms with Crippen LogP contribution >= 0.6 is 11.6 Å². The van der Waals surface area contributed by atoms with Crippen molar-refractivity contribution in [2.24, 2.45) is 0 Å². The molecule has 0 aromatic heterocycles. The first-order chi connectivity index (χ1) is 10.1. The van der Waals surface area contributed by atoms with Gasteiger partial charge in [0.1, 0.15) is 11.8 Å². The lowest BCUT2D eigenvalue weighted by Gasteiger charge is -2.24. The van der Waals surface area contributed by atoms with Gasteiger partial charge in [0, 0.05) is 31.1 Å². The lowest BCUT2D eigenvalue weighted by molar-refractivity contribution is -0.197. The summed E-state index contributed by atoms with van der Waals surface area (Å²) in [6, 6.07) is 5.42. The summed E-state index contributed by atoms with van der Waals surface area (Å²) in [4.78, 5) is 11.3. The lowest BCUT2D eigenvalue weighted by Crippen LogP contribution is -2.38. The predicted molar refractivity (Wildman–Crippen MR) is 71.9 cm³/mol. The Hall–Kier alpha value is -2.14. The fraction of sp³-hybridized carbons (Fsp3) is 0.385. The highest BCUT2D eigenvalue weighted by Crippen LogP contribution is 2.30. The first-order valence-electron chi connectivity index (χ1n) is 6.02. The van der Waals surface area contributed by atoms with Crippen molar-refractivity contribution < 1.29 is 27.8 Å². The maximum absolute atomic E-state index is 13.0. The van der Waals surface area contributed by atoms with Crippen molar-refractivity contribution in [3.8, 4) is 11.8 Å². The van der Waals surface area contributed by atoms with E-state index in [0.717, 1.165) is 13.1 Å². The smallest absolute Gasteiger partial charge is 0.425 e. The Balaban J connectivity index is 2.94. The first kappa shape index (κ1) is 17.9. The third-order valence-electron chi connectivity index (χ3n) is 2.75. The van der Waals surface area contributed by atoms with E-state index in [1.165, 1.54) is 12.1 Å². The van der Waals surface area contributed by atoms with Crippen LogP contribution in [0.3, 0.4) is 0 Å². The minimum absolute atomic E-state index is 0.0924. The fourth-order valence-corrected chi connectivity index (χ4v) is 1.70. The van der Waals surface area contributed by atoms with Crippen LogP contribution in [-0.4, -0.2) is 42.0 Å². The normalized spacial score (nSPS) is 12.4. The molecule has 0 heterocycles. The number of alkyl halides is 3. The van der Waals surface area contributed by atoms with Gasteiger partial charge in [-0.3, -0.25) is 0 Å². The molecule has 0 saturated carbocycles. The molecule has 1 unspecified atom stereocenters. The van der Waals surface area contributed by atoms with Crippen molar-refractivity contribution in [3.05, 3.63) is 28.8 Å². The molecule has 1 atom stereocenters. The average Bonchev–Trinajstić information content (AvgIpc) is 2.41. The van der Waals surface area contributed by atoms with E-state index in [-0.39, 0.29) is 22.9 Å². The Morgan fingerprint density at radius 3 is 2.68 bits per heavy atom. The molecule has 1 N–H and O–H groups in total. The van der Waals surface area contributed by atoms with Gasteiger partial charge >= 0.3 is 12.3 Å². The van der Waals surface area contributed by atoms with Crippen LogP contribution in [-0.2, 0) is 0 Å². The van der Waals surface area contributed by atoms with Crippen molar-refractivity contribution in [1.29, 1.82) is 5.26 Å². The Labute approximate surface area is 129 Å². The molecule has 1 rings (SSSR count). The van der Waals surface area contributed by atoms with Crippen LogP contribution in [0.5, 0.6) is 5.75 Å².